The van der Waals surface area contributed by atoms with Crippen LogP contribution in [0.1, 0.15) is 37.1 Å². The third kappa shape index (κ3) is 6.33. The van der Waals surface area contributed by atoms with Gasteiger partial charge in [0.1, 0.15) is 5.76 Å². The van der Waals surface area contributed by atoms with Gasteiger partial charge in [-0.25, -0.2) is 9.67 Å². The van der Waals surface area contributed by atoms with E-state index in [-0.39, 0.29) is 30.0 Å². The van der Waals surface area contributed by atoms with Crippen LogP contribution in [0.2, 0.25) is 0 Å². The Morgan fingerprint density at radius 3 is 2.58 bits per heavy atom. The van der Waals surface area contributed by atoms with Crippen molar-refractivity contribution < 1.29 is 4.42 Å². The molecule has 1 saturated heterocycles. The number of hydrogen-bond acceptors (Lipinski definition) is 4. The first kappa shape index (κ1) is 23.3. The molecule has 0 spiro atoms. The molecule has 3 heterocycles. The van der Waals surface area contributed by atoms with Gasteiger partial charge in [-0.3, -0.25) is 4.90 Å². The van der Waals surface area contributed by atoms with Gasteiger partial charge in [-0.15, -0.1) is 24.0 Å². The summed E-state index contributed by atoms with van der Waals surface area (Å²) in [5.41, 5.74) is 2.20. The fraction of sp³-hybridized carbons (Fsp3) is 0.391. The first-order valence-electron chi connectivity index (χ1n) is 10.7. The van der Waals surface area contributed by atoms with Gasteiger partial charge >= 0.3 is 0 Å². The second kappa shape index (κ2) is 11.9. The summed E-state index contributed by atoms with van der Waals surface area (Å²) < 4.78 is 7.58. The number of benzene rings is 1. The van der Waals surface area contributed by atoms with Crippen molar-refractivity contribution in [3.05, 3.63) is 72.4 Å². The van der Waals surface area contributed by atoms with Crippen molar-refractivity contribution >= 4 is 29.9 Å². The van der Waals surface area contributed by atoms with E-state index in [1.165, 1.54) is 12.8 Å². The van der Waals surface area contributed by atoms with Gasteiger partial charge in [-0.05, 0) is 68.8 Å². The first-order chi connectivity index (χ1) is 14.8. The molecule has 1 atom stereocenters. The van der Waals surface area contributed by atoms with Gasteiger partial charge in [0.05, 0.1) is 24.5 Å². The zero-order valence-electron chi connectivity index (χ0n) is 17.9. The quantitative estimate of drug-likeness (QED) is 0.260. The van der Waals surface area contributed by atoms with E-state index >= 15 is 0 Å². The van der Waals surface area contributed by atoms with Crippen LogP contribution in [0, 0.1) is 0 Å². The maximum atomic E-state index is 5.72. The third-order valence-electron chi connectivity index (χ3n) is 5.39. The number of furan rings is 1. The summed E-state index contributed by atoms with van der Waals surface area (Å²) in [5.74, 6) is 1.83. The second-order valence-corrected chi connectivity index (χ2v) is 7.47. The Kier molecular flexibility index (Phi) is 8.96. The predicted octanol–water partition coefficient (Wildman–Crippen LogP) is 3.98. The van der Waals surface area contributed by atoms with Crippen LogP contribution in [0.25, 0.3) is 5.69 Å². The average molecular weight is 534 g/mol. The van der Waals surface area contributed by atoms with E-state index in [1.54, 1.807) is 12.5 Å². The fourth-order valence-corrected chi connectivity index (χ4v) is 3.82. The molecular weight excluding hydrogens is 503 g/mol. The van der Waals surface area contributed by atoms with Crippen LogP contribution < -0.4 is 10.6 Å². The number of guanidine groups is 1. The number of likely N-dealkylation sites (tertiary alicyclic amines) is 1. The van der Waals surface area contributed by atoms with Gasteiger partial charge in [0.15, 0.2) is 5.96 Å². The summed E-state index contributed by atoms with van der Waals surface area (Å²) >= 11 is 0. The van der Waals surface area contributed by atoms with Crippen LogP contribution in [-0.2, 0) is 6.54 Å². The van der Waals surface area contributed by atoms with Crippen LogP contribution in [0.3, 0.4) is 0 Å². The molecule has 0 bridgehead atoms. The molecule has 2 aromatic heterocycles. The molecule has 8 heteroatoms. The number of nitrogens with one attached hydrogen (secondary N) is 2. The molecule has 0 radical (unpaired) electrons. The Morgan fingerprint density at radius 1 is 1.13 bits per heavy atom. The van der Waals surface area contributed by atoms with Crippen LogP contribution in [0.15, 0.2) is 70.5 Å². The van der Waals surface area contributed by atoms with Gasteiger partial charge in [-0.1, -0.05) is 12.1 Å². The largest absolute Gasteiger partial charge is 0.468 e. The van der Waals surface area contributed by atoms with Crippen molar-refractivity contribution in [1.82, 2.24) is 25.3 Å². The number of aliphatic imine (C=N–C) groups is 1. The SMILES string of the molecule is CCNC(=NCc1ccc(-n2cccn2)cc1)NCC(c1ccco1)N1CCCC1.I. The average Bonchev–Trinajstić information content (AvgIpc) is 3.56. The molecule has 1 fully saturated rings. The Bertz CT molecular complexity index is 902. The lowest BCUT2D eigenvalue weighted by Crippen LogP contribution is -2.42. The van der Waals surface area contributed by atoms with E-state index in [1.807, 2.05) is 23.0 Å². The molecule has 7 nitrogen and oxygen atoms in total. The minimum atomic E-state index is 0. The lowest BCUT2D eigenvalue weighted by Gasteiger charge is -2.26. The van der Waals surface area contributed by atoms with E-state index < -0.39 is 0 Å². The molecule has 0 saturated carbocycles. The third-order valence-corrected chi connectivity index (χ3v) is 5.39. The van der Waals surface area contributed by atoms with Crippen LogP contribution in [0.5, 0.6) is 0 Å². The minimum Gasteiger partial charge on any atom is -0.468 e. The zero-order valence-corrected chi connectivity index (χ0v) is 20.2. The van der Waals surface area contributed by atoms with Gasteiger partial charge in [-0.2, -0.15) is 5.10 Å². The number of aromatic nitrogens is 2. The summed E-state index contributed by atoms with van der Waals surface area (Å²) in [6.45, 7) is 6.51. The molecule has 1 aromatic carbocycles. The normalized spacial score (nSPS) is 15.5. The van der Waals surface area contributed by atoms with Gasteiger partial charge in [0, 0.05) is 25.5 Å². The lowest BCUT2D eigenvalue weighted by atomic mass is 10.2. The highest BCUT2D eigenvalue weighted by molar-refractivity contribution is 14.0. The monoisotopic (exact) mass is 534 g/mol. The van der Waals surface area contributed by atoms with Crippen LogP contribution in [-0.4, -0.2) is 46.8 Å². The van der Waals surface area contributed by atoms with Gasteiger partial charge in [0.2, 0.25) is 0 Å². The molecule has 4 rings (SSSR count). The Hall–Kier alpha value is -2.33. The Labute approximate surface area is 200 Å². The summed E-state index contributed by atoms with van der Waals surface area (Å²) in [4.78, 5) is 7.27. The maximum absolute atomic E-state index is 5.72. The topological polar surface area (TPSA) is 70.6 Å². The molecule has 31 heavy (non-hydrogen) atoms. The van der Waals surface area contributed by atoms with E-state index in [4.69, 9.17) is 9.41 Å². The number of rotatable bonds is 8. The van der Waals surface area contributed by atoms with E-state index in [2.05, 4.69) is 57.9 Å². The minimum absolute atomic E-state index is 0. The number of halogens is 1. The van der Waals surface area contributed by atoms with Crippen molar-refractivity contribution in [3.63, 3.8) is 0 Å². The van der Waals surface area contributed by atoms with E-state index in [0.717, 1.165) is 49.1 Å². The molecule has 0 aliphatic carbocycles. The van der Waals surface area contributed by atoms with E-state index in [0.29, 0.717) is 6.54 Å². The van der Waals surface area contributed by atoms with Crippen molar-refractivity contribution in [2.24, 2.45) is 4.99 Å². The lowest BCUT2D eigenvalue weighted by molar-refractivity contribution is 0.215. The van der Waals surface area contributed by atoms with Crippen molar-refractivity contribution in [2.45, 2.75) is 32.4 Å². The van der Waals surface area contributed by atoms with Crippen molar-refractivity contribution in [1.29, 1.82) is 0 Å². The molecule has 1 aliphatic rings. The molecular formula is C23H31IN6O. The highest BCUT2D eigenvalue weighted by Gasteiger charge is 2.25. The molecule has 2 N–H and O–H groups in total. The Morgan fingerprint density at radius 2 is 1.94 bits per heavy atom. The molecule has 0 amide bonds. The standard InChI is InChI=1S/C23H30N6O.HI/c1-2-24-23(25-17-19-8-10-20(11-9-19)29-15-6-12-27-29)26-18-21(22-7-5-16-30-22)28-13-3-4-14-28;/h5-12,15-16,21H,2-4,13-14,17-18H2,1H3,(H2,24,25,26);1H. The first-order valence-corrected chi connectivity index (χ1v) is 10.7. The fourth-order valence-electron chi connectivity index (χ4n) is 3.82. The summed E-state index contributed by atoms with van der Waals surface area (Å²) in [6.07, 6.45) is 7.98. The van der Waals surface area contributed by atoms with Crippen LogP contribution in [0.4, 0.5) is 0 Å². The van der Waals surface area contributed by atoms with Gasteiger partial charge in [0.25, 0.3) is 0 Å². The predicted molar refractivity (Wildman–Crippen MR) is 134 cm³/mol. The highest BCUT2D eigenvalue weighted by atomic mass is 127. The molecule has 166 valence electrons. The van der Waals surface area contributed by atoms with Crippen molar-refractivity contribution in [2.75, 3.05) is 26.2 Å². The number of nitrogens with zero attached hydrogens (tertiary/aromatic N) is 4. The van der Waals surface area contributed by atoms with Crippen LogP contribution >= 0.6 is 24.0 Å². The maximum Gasteiger partial charge on any atom is 0.191 e. The highest BCUT2D eigenvalue weighted by Crippen LogP contribution is 2.24. The zero-order chi connectivity index (χ0) is 20.6. The number of hydrogen-bond donors (Lipinski definition) is 2. The second-order valence-electron chi connectivity index (χ2n) is 7.47. The summed E-state index contributed by atoms with van der Waals surface area (Å²) in [7, 11) is 0. The Balaban J connectivity index is 0.00000272. The summed E-state index contributed by atoms with van der Waals surface area (Å²) in [5, 5.41) is 11.1. The summed E-state index contributed by atoms with van der Waals surface area (Å²) in [6, 6.07) is 14.5. The molecule has 3 aromatic rings. The molecule has 1 unspecified atom stereocenters. The van der Waals surface area contributed by atoms with Gasteiger partial charge < -0.3 is 15.1 Å². The van der Waals surface area contributed by atoms with Crippen molar-refractivity contribution in [3.8, 4) is 5.69 Å². The molecule has 1 aliphatic heterocycles. The van der Waals surface area contributed by atoms with E-state index in [9.17, 15) is 0 Å². The smallest absolute Gasteiger partial charge is 0.191 e.